The Morgan fingerprint density at radius 2 is 1.80 bits per heavy atom. The zero-order valence-electron chi connectivity index (χ0n) is 36.4. The summed E-state index contributed by atoms with van der Waals surface area (Å²) in [5.74, 6) is -3.13. The summed E-state index contributed by atoms with van der Waals surface area (Å²) in [5.41, 5.74) is 0.801. The normalized spacial score (nSPS) is 25.2. The number of pyridine rings is 1. The van der Waals surface area contributed by atoms with Crippen molar-refractivity contribution in [1.29, 1.82) is 0 Å². The Labute approximate surface area is 384 Å². The Bertz CT molecular complexity index is 2460. The minimum atomic E-state index is -4.62. The van der Waals surface area contributed by atoms with Crippen LogP contribution in [0.2, 0.25) is 5.02 Å². The molecule has 4 aliphatic rings. The quantitative estimate of drug-likeness (QED) is 0.105. The van der Waals surface area contributed by atoms with Gasteiger partial charge in [-0.2, -0.15) is 0 Å². The lowest BCUT2D eigenvalue weighted by molar-refractivity contribution is -0.140. The highest BCUT2D eigenvalue weighted by atomic mass is 35.5. The molecule has 0 bridgehead atoms. The molecule has 2 saturated carbocycles. The van der Waals surface area contributed by atoms with Crippen molar-refractivity contribution in [2.24, 2.45) is 5.92 Å². The van der Waals surface area contributed by atoms with Crippen molar-refractivity contribution in [1.82, 2.24) is 25.5 Å². The number of carbonyl (C=O) groups excluding carboxylic acids is 3. The minimum absolute atomic E-state index is 0.0464. The van der Waals surface area contributed by atoms with Gasteiger partial charge in [-0.3, -0.25) is 14.2 Å². The number of anilines is 1. The predicted octanol–water partition coefficient (Wildman–Crippen LogP) is 8.40. The van der Waals surface area contributed by atoms with Crippen molar-refractivity contribution in [3.63, 3.8) is 0 Å². The molecule has 0 radical (unpaired) electrons. The van der Waals surface area contributed by atoms with E-state index in [1.54, 1.807) is 18.2 Å². The van der Waals surface area contributed by atoms with Crippen LogP contribution in [0.15, 0.2) is 41.8 Å². The van der Waals surface area contributed by atoms with Gasteiger partial charge in [-0.1, -0.05) is 17.7 Å². The Morgan fingerprint density at radius 1 is 1.05 bits per heavy atom. The number of nitrogens with one attached hydrogen (secondary N) is 3. The van der Waals surface area contributed by atoms with Crippen LogP contribution in [0.4, 0.5) is 18.7 Å². The van der Waals surface area contributed by atoms with Gasteiger partial charge < -0.3 is 44.7 Å². The van der Waals surface area contributed by atoms with E-state index in [1.165, 1.54) is 29.4 Å². The molecular formula is C45H54ClF2N6O9PS. The first-order valence-corrected chi connectivity index (χ1v) is 25.2. The maximum absolute atomic E-state index is 15.0. The highest BCUT2D eigenvalue weighted by molar-refractivity contribution is 7.59. The highest BCUT2D eigenvalue weighted by Crippen LogP contribution is 2.71. The molecule has 4 fully saturated rings. The third-order valence-corrected chi connectivity index (χ3v) is 16.5. The van der Waals surface area contributed by atoms with Crippen molar-refractivity contribution in [2.75, 3.05) is 32.2 Å². The largest absolute Gasteiger partial charge is 0.495 e. The number of halogens is 3. The van der Waals surface area contributed by atoms with Gasteiger partial charge in [0.25, 0.3) is 0 Å². The standard InChI is InChI=1S/C45H54ClF2N6O9PS/c1-25(2)49-43-51-35(24-65-43)34-20-38(29-14-15-37(60-3)39(46)40(29)50-34)62-28-19-36-41(55)53-45(64(58,59)23-30-31(47)11-8-12-32(30)48)21-26(45)16-18-61-17-7-6-13-33(42(56)54(36)22-28)52-44(57)63-27-9-4-5-10-27/h8,11-12,14-15,20,24-28,33,36H,4-7,9-10,13,16-19,21-23H2,1-3H3,(H,49,51)(H,52,57)(H,53,55)(H,58,59)/t26-,28+,33-,36-,45-/m0/s1. The summed E-state index contributed by atoms with van der Waals surface area (Å²) in [5, 5.41) is 10.5. The second-order valence-electron chi connectivity index (χ2n) is 17.6. The van der Waals surface area contributed by atoms with Crippen LogP contribution >= 0.6 is 30.3 Å². The van der Waals surface area contributed by atoms with Crippen molar-refractivity contribution in [2.45, 2.75) is 120 Å². The molecule has 2 aliphatic heterocycles. The molecule has 3 amide bonds. The maximum Gasteiger partial charge on any atom is 0.408 e. The van der Waals surface area contributed by atoms with Crippen molar-refractivity contribution >= 4 is 64.2 Å². The topological polar surface area (TPSA) is 191 Å². The van der Waals surface area contributed by atoms with Gasteiger partial charge in [0, 0.05) is 48.1 Å². The monoisotopic (exact) mass is 958 g/mol. The molecule has 350 valence electrons. The lowest BCUT2D eigenvalue weighted by atomic mass is 10.1. The first-order chi connectivity index (χ1) is 31.2. The summed E-state index contributed by atoms with van der Waals surface area (Å²) in [6.45, 7) is 4.40. The Kier molecular flexibility index (Phi) is 14.2. The number of nitrogens with zero attached hydrogens (tertiary/aromatic N) is 3. The molecule has 0 spiro atoms. The van der Waals surface area contributed by atoms with E-state index in [-0.39, 0.29) is 49.6 Å². The minimum Gasteiger partial charge on any atom is -0.495 e. The molecule has 2 saturated heterocycles. The van der Waals surface area contributed by atoms with Crippen molar-refractivity contribution in [3.8, 4) is 22.9 Å². The summed E-state index contributed by atoms with van der Waals surface area (Å²) in [6, 6.07) is 6.11. The first-order valence-electron chi connectivity index (χ1n) is 22.1. The molecule has 2 aromatic heterocycles. The average Bonchev–Trinajstić information content (AvgIpc) is 3.68. The molecule has 2 aliphatic carbocycles. The van der Waals surface area contributed by atoms with Crippen molar-refractivity contribution < 1.29 is 51.6 Å². The van der Waals surface area contributed by atoms with Gasteiger partial charge in [-0.15, -0.1) is 11.3 Å². The number of amides is 3. The van der Waals surface area contributed by atoms with Crippen molar-refractivity contribution in [3.05, 3.63) is 64.0 Å². The van der Waals surface area contributed by atoms with Crippen LogP contribution in [0, 0.1) is 17.6 Å². The zero-order valence-corrected chi connectivity index (χ0v) is 38.9. The second kappa shape index (κ2) is 19.7. The average molecular weight is 959 g/mol. The highest BCUT2D eigenvalue weighted by Gasteiger charge is 2.66. The van der Waals surface area contributed by atoms with Gasteiger partial charge in [-0.05, 0) is 102 Å². The lowest BCUT2D eigenvalue weighted by Crippen LogP contribution is -2.55. The molecule has 2 aromatic carbocycles. The van der Waals surface area contributed by atoms with E-state index < -0.39 is 78.0 Å². The number of fused-ring (bicyclic) bond motifs is 3. The lowest BCUT2D eigenvalue weighted by Gasteiger charge is -2.31. The predicted molar refractivity (Wildman–Crippen MR) is 242 cm³/mol. The number of hydrogen-bond acceptors (Lipinski definition) is 12. The third kappa shape index (κ3) is 10.2. The molecular weight excluding hydrogens is 905 g/mol. The van der Waals surface area contributed by atoms with Crippen LogP contribution < -0.4 is 25.4 Å². The molecule has 4 aromatic rings. The number of thiazole rings is 1. The molecule has 6 atom stereocenters. The van der Waals surface area contributed by atoms with Gasteiger partial charge in [0.05, 0.1) is 31.0 Å². The fourth-order valence-corrected chi connectivity index (χ4v) is 12.8. The van der Waals surface area contributed by atoms with Crippen LogP contribution in [-0.2, 0) is 29.8 Å². The molecule has 4 heterocycles. The summed E-state index contributed by atoms with van der Waals surface area (Å²) >= 11 is 8.27. The van der Waals surface area contributed by atoms with E-state index in [4.69, 9.17) is 40.5 Å². The van der Waals surface area contributed by atoms with Gasteiger partial charge in [0.2, 0.25) is 19.2 Å². The number of methoxy groups -OCH3 is 1. The Morgan fingerprint density at radius 3 is 2.54 bits per heavy atom. The molecule has 65 heavy (non-hydrogen) atoms. The van der Waals surface area contributed by atoms with Crippen LogP contribution in [0.1, 0.15) is 83.6 Å². The number of alkyl carbamates (subject to hydrolysis) is 1. The van der Waals surface area contributed by atoms with Crippen LogP contribution in [0.25, 0.3) is 22.3 Å². The van der Waals surface area contributed by atoms with Crippen LogP contribution in [0.5, 0.6) is 11.5 Å². The number of aromatic nitrogens is 2. The van der Waals surface area contributed by atoms with E-state index in [2.05, 4.69) is 16.0 Å². The summed E-state index contributed by atoms with van der Waals surface area (Å²) in [7, 11) is -3.12. The molecule has 15 nitrogen and oxygen atoms in total. The Hall–Kier alpha value is -4.61. The van der Waals surface area contributed by atoms with E-state index >= 15 is 0 Å². The van der Waals surface area contributed by atoms with E-state index in [0.29, 0.717) is 64.8 Å². The smallest absolute Gasteiger partial charge is 0.408 e. The first kappa shape index (κ1) is 46.9. The van der Waals surface area contributed by atoms with E-state index in [1.807, 2.05) is 19.2 Å². The second-order valence-corrected chi connectivity index (χ2v) is 21.3. The number of ether oxygens (including phenoxy) is 4. The fourth-order valence-electron chi connectivity index (χ4n) is 9.19. The maximum atomic E-state index is 15.0. The van der Waals surface area contributed by atoms with Crippen LogP contribution in [-0.4, -0.2) is 100 Å². The third-order valence-electron chi connectivity index (χ3n) is 12.7. The zero-order chi connectivity index (χ0) is 46.0. The van der Waals surface area contributed by atoms with Gasteiger partial charge >= 0.3 is 6.09 Å². The van der Waals surface area contributed by atoms with Gasteiger partial charge in [0.15, 0.2) is 5.13 Å². The number of rotatable bonds is 11. The number of benzene rings is 2. The molecule has 1 unspecified atom stereocenters. The van der Waals surface area contributed by atoms with E-state index in [9.17, 15) is 32.6 Å². The van der Waals surface area contributed by atoms with E-state index in [0.717, 1.165) is 37.8 Å². The summed E-state index contributed by atoms with van der Waals surface area (Å²) in [4.78, 5) is 65.7. The van der Waals surface area contributed by atoms with Crippen LogP contribution in [0.3, 0.4) is 0 Å². The summed E-state index contributed by atoms with van der Waals surface area (Å²) in [6.07, 6.45) is 2.10. The molecule has 4 N–H and O–H groups in total. The molecule has 8 rings (SSSR count). The number of carbonyl (C=O) groups is 3. The van der Waals surface area contributed by atoms with Gasteiger partial charge in [0.1, 0.15) is 63.4 Å². The summed E-state index contributed by atoms with van der Waals surface area (Å²) < 4.78 is 68.2. The molecule has 20 heteroatoms. The fraction of sp³-hybridized carbons (Fsp3) is 0.533. The van der Waals surface area contributed by atoms with Gasteiger partial charge in [-0.25, -0.2) is 23.5 Å². The number of hydrogen-bond donors (Lipinski definition) is 4. The Balaban J connectivity index is 1.14. The SMILES string of the molecule is COc1ccc2c(O[C@@H]3C[C@H]4C(=O)N[C@]5(P(=O)(O)Cc6c(F)cccc6F)C[C@@H]5CCOCCCC[C@H](NC(=O)OC5CCCC5)C(=O)N4C3)cc(-c3csc(NC(C)C)n3)nc2c1Cl.